The standard InChI is InChI=1S/C9H10O2.3C8H16.4C8H10.C5H5NO2.C3H6O2.C3H6O.7C2H6.3H2/c1-7-2-4-8(5-3-7)11-9-6-10-9;7*1-7-3-5-8(2)6-4-7;1-4(3-6)5(7)8-2;1-4-3-2-5-3;1-3-2-4-3;7*1-2;;;/h2-5,9H,6H2,1H3;3*7-8H,3-6H2,1-2H3;4*3-6H,1-2H3;1H2,2H3;3H,2H2,1H3;3H,2H2,1H3;7*1-2H3;3*1H. The van der Waals surface area contributed by atoms with Gasteiger partial charge in [-0.3, -0.25) is 0 Å². The van der Waals surface area contributed by atoms with Crippen LogP contribution in [0.25, 0.3) is 0 Å². The molecular formula is C90H163NO7. The number of esters is 1. The van der Waals surface area contributed by atoms with Crippen molar-refractivity contribution < 1.29 is 37.5 Å². The summed E-state index contributed by atoms with van der Waals surface area (Å²) in [6.07, 6.45) is 18.4. The third kappa shape index (κ3) is 76.2. The summed E-state index contributed by atoms with van der Waals surface area (Å²) in [6, 6.07) is 43.4. The monoisotopic (exact) mass is 1370 g/mol. The fourth-order valence-electron chi connectivity index (χ4n) is 8.14. The van der Waals surface area contributed by atoms with Crippen molar-refractivity contribution in [2.24, 2.45) is 35.5 Å². The van der Waals surface area contributed by atoms with Crippen LogP contribution in [0.15, 0.2) is 133 Å². The van der Waals surface area contributed by atoms with Gasteiger partial charge in [-0.15, -0.1) is 0 Å². The Morgan fingerprint density at radius 1 is 0.357 bits per heavy atom. The molecule has 3 heterocycles. The number of carbonyl (C=O) groups excluding carboxylic acids is 1. The lowest BCUT2D eigenvalue weighted by Crippen LogP contribution is -2.08. The van der Waals surface area contributed by atoms with Gasteiger partial charge in [0.1, 0.15) is 30.6 Å². The van der Waals surface area contributed by atoms with Gasteiger partial charge in [0.15, 0.2) is 6.29 Å². The summed E-state index contributed by atoms with van der Waals surface area (Å²) in [5.41, 5.74) is 11.7. The first-order valence-corrected chi connectivity index (χ1v) is 38.3. The molecule has 3 aliphatic heterocycles. The molecule has 8 nitrogen and oxygen atoms in total. The largest absolute Gasteiger partial charge is 0.465 e. The highest BCUT2D eigenvalue weighted by atomic mass is 16.8. The molecule has 3 saturated carbocycles. The van der Waals surface area contributed by atoms with Gasteiger partial charge >= 0.3 is 5.97 Å². The van der Waals surface area contributed by atoms with Crippen LogP contribution in [-0.2, 0) is 28.5 Å². The molecule has 3 unspecified atom stereocenters. The van der Waals surface area contributed by atoms with E-state index >= 15 is 0 Å². The number of hydrogen-bond acceptors (Lipinski definition) is 8. The van der Waals surface area contributed by atoms with Gasteiger partial charge in [0.2, 0.25) is 6.29 Å². The zero-order chi connectivity index (χ0) is 76.8. The molecule has 3 aliphatic carbocycles. The highest BCUT2D eigenvalue weighted by molar-refractivity contribution is 5.91. The lowest BCUT2D eigenvalue weighted by Gasteiger charge is -2.22. The van der Waals surface area contributed by atoms with Crippen LogP contribution in [0, 0.1) is 109 Å². The number of ether oxygens (including phenoxy) is 6. The predicted octanol–water partition coefficient (Wildman–Crippen LogP) is 28.0. The van der Waals surface area contributed by atoms with Crippen molar-refractivity contribution in [3.05, 3.63) is 184 Å². The third-order valence-corrected chi connectivity index (χ3v) is 15.0. The van der Waals surface area contributed by atoms with Gasteiger partial charge in [-0.05, 0) is 117 Å². The first kappa shape index (κ1) is 106. The second-order valence-corrected chi connectivity index (χ2v) is 24.6. The van der Waals surface area contributed by atoms with Gasteiger partial charge < -0.3 is 28.4 Å². The highest BCUT2D eigenvalue weighted by Crippen LogP contribution is 2.29. The molecule has 8 heteroatoms. The van der Waals surface area contributed by atoms with Crippen LogP contribution in [0.4, 0.5) is 0 Å². The molecule has 0 bridgehead atoms. The SMILES string of the molecule is C=C(C#N)C(=O)OC.CC.CC.CC.CC.CC.CC.CC.CC1CCC(C)CC1.CC1CCC(C)CC1.CC1CCC(C)CC1.CC1CO1.COC1CO1.Cc1ccc(C)cc1.Cc1ccc(C)cc1.Cc1ccc(C)cc1.Cc1ccc(C)cc1.Cc1ccc(OC2CO2)cc1.[HH].[HH].[HH]. The second-order valence-electron chi connectivity index (χ2n) is 24.6. The molecule has 6 fully saturated rings. The highest BCUT2D eigenvalue weighted by Gasteiger charge is 2.24. The summed E-state index contributed by atoms with van der Waals surface area (Å²) in [6.45, 7) is 68.7. The van der Waals surface area contributed by atoms with Crippen LogP contribution in [0.1, 0.15) is 277 Å². The maximum atomic E-state index is 10.2. The maximum Gasteiger partial charge on any atom is 0.347 e. The normalized spacial score (nSPS) is 19.5. The van der Waals surface area contributed by atoms with Crippen molar-refractivity contribution in [1.82, 2.24) is 0 Å². The molecule has 0 radical (unpaired) electrons. The Morgan fingerprint density at radius 3 is 0.622 bits per heavy atom. The Labute approximate surface area is 614 Å². The molecule has 0 amide bonds. The summed E-state index contributed by atoms with van der Waals surface area (Å²) in [4.78, 5) is 10.2. The van der Waals surface area contributed by atoms with Crippen LogP contribution < -0.4 is 4.74 Å². The van der Waals surface area contributed by atoms with E-state index < -0.39 is 5.97 Å². The van der Waals surface area contributed by atoms with E-state index in [2.05, 4.69) is 229 Å². The molecule has 3 atom stereocenters. The van der Waals surface area contributed by atoms with Crippen molar-refractivity contribution in [2.75, 3.05) is 34.0 Å². The topological polar surface area (TPSA) is 106 Å². The Balaban J connectivity index is -0.000000111. The number of rotatable bonds is 4. The number of carbonyl (C=O) groups is 1. The average molecular weight is 1370 g/mol. The van der Waals surface area contributed by atoms with Crippen LogP contribution in [-0.4, -0.2) is 58.7 Å². The minimum atomic E-state index is -0.674. The maximum absolute atomic E-state index is 10.2. The van der Waals surface area contributed by atoms with Crippen molar-refractivity contribution in [3.63, 3.8) is 0 Å². The fourth-order valence-corrected chi connectivity index (χ4v) is 8.14. The van der Waals surface area contributed by atoms with E-state index in [-0.39, 0.29) is 22.4 Å². The third-order valence-electron chi connectivity index (χ3n) is 15.0. The molecule has 0 spiro atoms. The number of epoxide rings is 3. The molecule has 5 aromatic carbocycles. The Bertz CT molecular complexity index is 2110. The van der Waals surface area contributed by atoms with Gasteiger partial charge in [-0.25, -0.2) is 4.79 Å². The summed E-state index contributed by atoms with van der Waals surface area (Å²) >= 11 is 0. The van der Waals surface area contributed by atoms with Crippen molar-refractivity contribution in [1.29, 1.82) is 5.26 Å². The second kappa shape index (κ2) is 75.6. The molecule has 6 aliphatic rings. The molecule has 570 valence electrons. The lowest BCUT2D eigenvalue weighted by atomic mass is 9.84. The number of aryl methyl sites for hydroxylation is 9. The zero-order valence-corrected chi connectivity index (χ0v) is 69.9. The summed E-state index contributed by atoms with van der Waals surface area (Å²) < 4.78 is 28.4. The Kier molecular flexibility index (Phi) is 81.7. The molecule has 11 rings (SSSR count). The van der Waals surface area contributed by atoms with E-state index in [1.54, 1.807) is 13.2 Å². The Morgan fingerprint density at radius 2 is 0.520 bits per heavy atom. The first-order valence-electron chi connectivity index (χ1n) is 38.3. The van der Waals surface area contributed by atoms with E-state index in [4.69, 9.17) is 19.5 Å². The summed E-state index contributed by atoms with van der Waals surface area (Å²) in [5.74, 6) is 6.33. The smallest absolute Gasteiger partial charge is 0.347 e. The first-order chi connectivity index (χ1) is 46.9. The molecule has 0 aromatic heterocycles. The van der Waals surface area contributed by atoms with E-state index in [1.165, 1.54) is 134 Å². The fraction of sp³-hybridized carbons (Fsp3) is 0.622. The molecule has 3 saturated heterocycles. The van der Waals surface area contributed by atoms with E-state index in [1.807, 2.05) is 121 Å². The Hall–Kier alpha value is -5.56. The minimum absolute atomic E-state index is 0. The number of hydrogen-bond donors (Lipinski definition) is 0. The number of benzene rings is 5. The summed E-state index contributed by atoms with van der Waals surface area (Å²) in [7, 11) is 2.84. The van der Waals surface area contributed by atoms with Crippen molar-refractivity contribution in [3.8, 4) is 11.8 Å². The number of nitriles is 1. The average Bonchev–Trinajstić information content (AvgIpc) is 1.77. The minimum Gasteiger partial charge on any atom is -0.465 e. The van der Waals surface area contributed by atoms with Crippen LogP contribution in [0.3, 0.4) is 0 Å². The lowest BCUT2D eigenvalue weighted by molar-refractivity contribution is -0.135. The van der Waals surface area contributed by atoms with Crippen LogP contribution >= 0.6 is 0 Å². The van der Waals surface area contributed by atoms with Gasteiger partial charge in [0.25, 0.3) is 0 Å². The summed E-state index contributed by atoms with van der Waals surface area (Å²) in [5, 5.41) is 7.99. The molecule has 5 aromatic rings. The van der Waals surface area contributed by atoms with Crippen molar-refractivity contribution >= 4 is 5.97 Å². The molecule has 0 N–H and O–H groups in total. The quantitative estimate of drug-likeness (QED) is 0.0758. The van der Waals surface area contributed by atoms with Crippen molar-refractivity contribution in [2.45, 2.75) is 303 Å². The van der Waals surface area contributed by atoms with Crippen LogP contribution in [0.5, 0.6) is 5.75 Å². The van der Waals surface area contributed by atoms with Gasteiger partial charge in [0, 0.05) is 11.4 Å². The molecule has 98 heavy (non-hydrogen) atoms. The van der Waals surface area contributed by atoms with E-state index in [9.17, 15) is 4.79 Å². The number of methoxy groups -OCH3 is 2. The van der Waals surface area contributed by atoms with E-state index in [0.29, 0.717) is 6.10 Å². The van der Waals surface area contributed by atoms with Crippen LogP contribution in [0.2, 0.25) is 0 Å². The zero-order valence-electron chi connectivity index (χ0n) is 69.9. The van der Waals surface area contributed by atoms with Gasteiger partial charge in [-0.2, -0.15) is 5.26 Å². The predicted molar refractivity (Wildman–Crippen MR) is 440 cm³/mol. The molecular weight excluding hydrogens is 1210 g/mol. The van der Waals surface area contributed by atoms with Gasteiger partial charge in [0.05, 0.1) is 19.8 Å². The van der Waals surface area contributed by atoms with Gasteiger partial charge in [-0.1, -0.05) is 381 Å². The number of nitrogens with zero attached hydrogens (tertiary/aromatic N) is 1. The van der Waals surface area contributed by atoms with E-state index in [0.717, 1.165) is 61.1 Å².